The highest BCUT2D eigenvalue weighted by atomic mass is 15.3. The first kappa shape index (κ1) is 13.3. The zero-order valence-corrected chi connectivity index (χ0v) is 11.7. The fourth-order valence-electron chi connectivity index (χ4n) is 3.92. The topological polar surface area (TPSA) is 32.5 Å². The van der Waals surface area contributed by atoms with E-state index >= 15 is 0 Å². The average Bonchev–Trinajstić information content (AvgIpc) is 2.58. The molecule has 17 heavy (non-hydrogen) atoms. The van der Waals surface area contributed by atoms with Crippen LogP contribution < -0.4 is 5.73 Å². The Morgan fingerprint density at radius 2 is 1.71 bits per heavy atom. The van der Waals surface area contributed by atoms with Gasteiger partial charge in [0.25, 0.3) is 0 Å². The van der Waals surface area contributed by atoms with Crippen molar-refractivity contribution in [1.29, 1.82) is 0 Å². The molecule has 100 valence electrons. The first-order valence-corrected chi connectivity index (χ1v) is 7.41. The van der Waals surface area contributed by atoms with Gasteiger partial charge in [-0.2, -0.15) is 0 Å². The lowest BCUT2D eigenvalue weighted by Crippen LogP contribution is -2.54. The Labute approximate surface area is 106 Å². The summed E-state index contributed by atoms with van der Waals surface area (Å²) in [4.78, 5) is 5.32. The Morgan fingerprint density at radius 3 is 2.18 bits per heavy atom. The van der Waals surface area contributed by atoms with Crippen LogP contribution >= 0.6 is 0 Å². The van der Waals surface area contributed by atoms with Gasteiger partial charge in [-0.3, -0.25) is 4.90 Å². The summed E-state index contributed by atoms with van der Waals surface area (Å²) in [6.07, 6.45) is 5.19. The Bertz CT molecular complexity index is 226. The molecule has 2 bridgehead atoms. The molecule has 2 N–H and O–H groups in total. The summed E-state index contributed by atoms with van der Waals surface area (Å²) < 4.78 is 0. The largest absolute Gasteiger partial charge is 0.328 e. The summed E-state index contributed by atoms with van der Waals surface area (Å²) in [5.74, 6) is 0. The van der Waals surface area contributed by atoms with Crippen molar-refractivity contribution in [1.82, 2.24) is 9.80 Å². The molecule has 0 spiro atoms. The maximum absolute atomic E-state index is 6.13. The normalized spacial score (nSPS) is 35.5. The van der Waals surface area contributed by atoms with Gasteiger partial charge < -0.3 is 10.6 Å². The molecule has 2 heterocycles. The van der Waals surface area contributed by atoms with Gasteiger partial charge in [0.15, 0.2) is 0 Å². The number of nitrogens with zero attached hydrogens (tertiary/aromatic N) is 2. The summed E-state index contributed by atoms with van der Waals surface area (Å²) in [5, 5.41) is 0. The van der Waals surface area contributed by atoms with Crippen LogP contribution in [0.5, 0.6) is 0 Å². The smallest absolute Gasteiger partial charge is 0.0200 e. The van der Waals surface area contributed by atoms with Crippen LogP contribution in [0.2, 0.25) is 0 Å². The quantitative estimate of drug-likeness (QED) is 0.792. The summed E-state index contributed by atoms with van der Waals surface area (Å²) in [6, 6.07) is 2.70. The van der Waals surface area contributed by atoms with Gasteiger partial charge in [0.2, 0.25) is 0 Å². The lowest BCUT2D eigenvalue weighted by Gasteiger charge is -2.42. The van der Waals surface area contributed by atoms with E-state index in [0.717, 1.165) is 12.1 Å². The van der Waals surface area contributed by atoms with E-state index in [4.69, 9.17) is 5.73 Å². The van der Waals surface area contributed by atoms with E-state index in [-0.39, 0.29) is 0 Å². The highest BCUT2D eigenvalue weighted by molar-refractivity contribution is 4.98. The Balaban J connectivity index is 1.93. The van der Waals surface area contributed by atoms with Gasteiger partial charge in [-0.05, 0) is 45.7 Å². The van der Waals surface area contributed by atoms with E-state index in [1.165, 1.54) is 45.3 Å². The van der Waals surface area contributed by atoms with Crippen LogP contribution in [-0.4, -0.2) is 53.6 Å². The second-order valence-electron chi connectivity index (χ2n) is 5.90. The van der Waals surface area contributed by atoms with Crippen LogP contribution in [0.15, 0.2) is 0 Å². The second-order valence-corrected chi connectivity index (χ2v) is 5.90. The predicted molar refractivity (Wildman–Crippen MR) is 73.1 cm³/mol. The van der Waals surface area contributed by atoms with Crippen molar-refractivity contribution in [2.24, 2.45) is 5.73 Å². The number of hydrogen-bond donors (Lipinski definition) is 1. The number of likely N-dealkylation sites (N-methyl/N-ethyl adjacent to an activating group) is 1. The molecule has 2 fully saturated rings. The van der Waals surface area contributed by atoms with Crippen LogP contribution in [0.25, 0.3) is 0 Å². The maximum atomic E-state index is 6.13. The molecule has 2 rings (SSSR count). The third kappa shape index (κ3) is 2.83. The van der Waals surface area contributed by atoms with E-state index in [1.807, 2.05) is 0 Å². The van der Waals surface area contributed by atoms with Gasteiger partial charge in [-0.15, -0.1) is 0 Å². The van der Waals surface area contributed by atoms with Gasteiger partial charge in [-0.25, -0.2) is 0 Å². The second kappa shape index (κ2) is 5.68. The molecule has 3 unspecified atom stereocenters. The lowest BCUT2D eigenvalue weighted by atomic mass is 9.96. The van der Waals surface area contributed by atoms with Crippen molar-refractivity contribution in [3.05, 3.63) is 0 Å². The van der Waals surface area contributed by atoms with Crippen LogP contribution in [-0.2, 0) is 0 Å². The van der Waals surface area contributed by atoms with Crippen molar-refractivity contribution >= 4 is 0 Å². The van der Waals surface area contributed by atoms with Gasteiger partial charge in [-0.1, -0.05) is 13.8 Å². The minimum absolute atomic E-state index is 0.462. The van der Waals surface area contributed by atoms with Gasteiger partial charge in [0.1, 0.15) is 0 Å². The SMILES string of the molecule is CCN(CC)CC(C)N1C2CCC1CC(N)C2. The molecule has 2 saturated heterocycles. The van der Waals surface area contributed by atoms with Crippen molar-refractivity contribution < 1.29 is 0 Å². The molecule has 0 saturated carbocycles. The summed E-state index contributed by atoms with van der Waals surface area (Å²) >= 11 is 0. The molecule has 3 heteroatoms. The molecule has 3 nitrogen and oxygen atoms in total. The fraction of sp³-hybridized carbons (Fsp3) is 1.00. The molecule has 2 aliphatic rings. The van der Waals surface area contributed by atoms with E-state index in [9.17, 15) is 0 Å². The molecule has 2 aliphatic heterocycles. The van der Waals surface area contributed by atoms with E-state index in [1.54, 1.807) is 0 Å². The van der Waals surface area contributed by atoms with E-state index < -0.39 is 0 Å². The van der Waals surface area contributed by atoms with Crippen molar-refractivity contribution in [2.75, 3.05) is 19.6 Å². The highest BCUT2D eigenvalue weighted by Crippen LogP contribution is 2.36. The minimum Gasteiger partial charge on any atom is -0.328 e. The molecule has 0 amide bonds. The van der Waals surface area contributed by atoms with Crippen molar-refractivity contribution in [3.8, 4) is 0 Å². The zero-order chi connectivity index (χ0) is 12.4. The number of nitrogens with two attached hydrogens (primary N) is 1. The molecule has 3 atom stereocenters. The number of hydrogen-bond acceptors (Lipinski definition) is 3. The van der Waals surface area contributed by atoms with Crippen molar-refractivity contribution in [2.45, 2.75) is 70.6 Å². The third-order valence-electron chi connectivity index (χ3n) is 4.75. The summed E-state index contributed by atoms with van der Waals surface area (Å²) in [6.45, 7) is 10.5. The lowest BCUT2D eigenvalue weighted by molar-refractivity contribution is 0.0650. The first-order chi connectivity index (χ1) is 8.15. The number of fused-ring (bicyclic) bond motifs is 2. The molecule has 0 radical (unpaired) electrons. The summed E-state index contributed by atoms with van der Waals surface area (Å²) in [7, 11) is 0. The van der Waals surface area contributed by atoms with Gasteiger partial charge >= 0.3 is 0 Å². The molecule has 0 aromatic carbocycles. The van der Waals surface area contributed by atoms with Crippen LogP contribution in [0, 0.1) is 0 Å². The number of piperidine rings is 1. The molecule has 0 aromatic rings. The van der Waals surface area contributed by atoms with E-state index in [0.29, 0.717) is 12.1 Å². The molecular formula is C14H29N3. The Kier molecular flexibility index (Phi) is 4.45. The summed E-state index contributed by atoms with van der Waals surface area (Å²) in [5.41, 5.74) is 6.13. The Morgan fingerprint density at radius 1 is 1.18 bits per heavy atom. The average molecular weight is 239 g/mol. The van der Waals surface area contributed by atoms with Crippen LogP contribution in [0.3, 0.4) is 0 Å². The highest BCUT2D eigenvalue weighted by Gasteiger charge is 2.41. The molecular weight excluding hydrogens is 210 g/mol. The molecule has 0 aromatic heterocycles. The van der Waals surface area contributed by atoms with Gasteiger partial charge in [0, 0.05) is 30.7 Å². The standard InChI is InChI=1S/C14H29N3/c1-4-16(5-2)10-11(3)17-13-6-7-14(17)9-12(15)8-13/h11-14H,4-10,15H2,1-3H3. The maximum Gasteiger partial charge on any atom is 0.0200 e. The molecule has 0 aliphatic carbocycles. The monoisotopic (exact) mass is 239 g/mol. The fourth-order valence-corrected chi connectivity index (χ4v) is 3.92. The predicted octanol–water partition coefficient (Wildman–Crippen LogP) is 1.67. The van der Waals surface area contributed by atoms with Gasteiger partial charge in [0.05, 0.1) is 0 Å². The third-order valence-corrected chi connectivity index (χ3v) is 4.75. The minimum atomic E-state index is 0.462. The van der Waals surface area contributed by atoms with Crippen LogP contribution in [0.4, 0.5) is 0 Å². The number of rotatable bonds is 5. The first-order valence-electron chi connectivity index (χ1n) is 7.41. The van der Waals surface area contributed by atoms with E-state index in [2.05, 4.69) is 30.6 Å². The Hall–Kier alpha value is -0.120. The van der Waals surface area contributed by atoms with Crippen LogP contribution in [0.1, 0.15) is 46.5 Å². The zero-order valence-electron chi connectivity index (χ0n) is 11.7. The van der Waals surface area contributed by atoms with Crippen molar-refractivity contribution in [3.63, 3.8) is 0 Å².